The monoisotopic (exact) mass is 246 g/mol. The first-order valence-electron chi connectivity index (χ1n) is 5.79. The Kier molecular flexibility index (Phi) is 3.72. The molecule has 1 aromatic carbocycles. The molecule has 0 aliphatic heterocycles. The maximum absolute atomic E-state index is 11.8. The summed E-state index contributed by atoms with van der Waals surface area (Å²) in [5.74, 6) is 0.517. The molecule has 1 aromatic heterocycles. The van der Waals surface area contributed by atoms with Crippen LogP contribution in [0.15, 0.2) is 34.9 Å². The van der Waals surface area contributed by atoms with Gasteiger partial charge in [0, 0.05) is 6.42 Å². The van der Waals surface area contributed by atoms with Crippen molar-refractivity contribution in [1.82, 2.24) is 10.1 Å². The number of rotatable bonds is 4. The molecular formula is C13H14N2O3. The minimum Gasteiger partial charge on any atom is -0.449 e. The quantitative estimate of drug-likeness (QED) is 0.775. The van der Waals surface area contributed by atoms with Gasteiger partial charge in [0.05, 0.1) is 5.56 Å². The minimum absolute atomic E-state index is 0.316. The molecule has 0 amide bonds. The van der Waals surface area contributed by atoms with Gasteiger partial charge in [-0.3, -0.25) is 0 Å². The molecule has 0 fully saturated rings. The summed E-state index contributed by atoms with van der Waals surface area (Å²) in [4.78, 5) is 15.9. The summed E-state index contributed by atoms with van der Waals surface area (Å²) in [6.45, 7) is 3.63. The summed E-state index contributed by atoms with van der Waals surface area (Å²) in [6.07, 6.45) is 0.133. The summed E-state index contributed by atoms with van der Waals surface area (Å²) in [5.41, 5.74) is 0.500. The van der Waals surface area contributed by atoms with Gasteiger partial charge in [0.1, 0.15) is 0 Å². The molecule has 5 nitrogen and oxygen atoms in total. The smallest absolute Gasteiger partial charge is 0.338 e. The molecule has 18 heavy (non-hydrogen) atoms. The van der Waals surface area contributed by atoms with E-state index in [0.717, 1.165) is 0 Å². The van der Waals surface area contributed by atoms with Crippen LogP contribution in [0.2, 0.25) is 0 Å². The Hall–Kier alpha value is -2.17. The molecule has 0 spiro atoms. The lowest BCUT2D eigenvalue weighted by Crippen LogP contribution is -2.09. The van der Waals surface area contributed by atoms with E-state index in [1.165, 1.54) is 0 Å². The average molecular weight is 246 g/mol. The number of aryl methyl sites for hydroxylation is 1. The van der Waals surface area contributed by atoms with Gasteiger partial charge >= 0.3 is 5.97 Å². The highest BCUT2D eigenvalue weighted by Gasteiger charge is 2.18. The van der Waals surface area contributed by atoms with Crippen molar-refractivity contribution in [3.05, 3.63) is 47.6 Å². The number of benzene rings is 1. The number of nitrogens with zero attached hydrogens (tertiary/aromatic N) is 2. The molecular weight excluding hydrogens is 232 g/mol. The van der Waals surface area contributed by atoms with Crippen molar-refractivity contribution < 1.29 is 14.1 Å². The Bertz CT molecular complexity index is 522. The Labute approximate surface area is 105 Å². The van der Waals surface area contributed by atoms with E-state index in [1.807, 2.05) is 13.0 Å². The van der Waals surface area contributed by atoms with Crippen LogP contribution in [0.25, 0.3) is 0 Å². The van der Waals surface area contributed by atoms with Gasteiger partial charge in [0.25, 0.3) is 5.89 Å². The van der Waals surface area contributed by atoms with E-state index in [4.69, 9.17) is 9.26 Å². The number of hydrogen-bond donors (Lipinski definition) is 0. The molecule has 0 aliphatic carbocycles. The van der Waals surface area contributed by atoms with Crippen LogP contribution >= 0.6 is 0 Å². The SMILES string of the molecule is CCc1noc(C(C)OC(=O)c2ccccc2)n1. The Morgan fingerprint density at radius 2 is 2.11 bits per heavy atom. The number of hydrogen-bond acceptors (Lipinski definition) is 5. The van der Waals surface area contributed by atoms with Gasteiger partial charge in [-0.05, 0) is 19.1 Å². The standard InChI is InChI=1S/C13H14N2O3/c1-3-11-14-12(18-15-11)9(2)17-13(16)10-7-5-4-6-8-10/h4-9H,3H2,1-2H3. The maximum Gasteiger partial charge on any atom is 0.338 e. The van der Waals surface area contributed by atoms with Gasteiger partial charge < -0.3 is 9.26 Å². The number of carbonyl (C=O) groups is 1. The average Bonchev–Trinajstić information content (AvgIpc) is 2.88. The first-order valence-corrected chi connectivity index (χ1v) is 5.79. The second kappa shape index (κ2) is 5.44. The Morgan fingerprint density at radius 3 is 2.72 bits per heavy atom. The second-order valence-electron chi connectivity index (χ2n) is 3.82. The van der Waals surface area contributed by atoms with Gasteiger partial charge in [-0.1, -0.05) is 30.3 Å². The molecule has 0 saturated carbocycles. The van der Waals surface area contributed by atoms with E-state index in [9.17, 15) is 4.79 Å². The van der Waals surface area contributed by atoms with Crippen LogP contribution in [-0.2, 0) is 11.2 Å². The zero-order valence-corrected chi connectivity index (χ0v) is 10.3. The van der Waals surface area contributed by atoms with Gasteiger partial charge in [0.2, 0.25) is 0 Å². The highest BCUT2D eigenvalue weighted by Crippen LogP contribution is 2.16. The molecule has 0 N–H and O–H groups in total. The van der Waals surface area contributed by atoms with Gasteiger partial charge in [-0.25, -0.2) is 4.79 Å². The summed E-state index contributed by atoms with van der Waals surface area (Å²) in [5, 5.41) is 3.76. The van der Waals surface area contributed by atoms with Crippen molar-refractivity contribution in [3.8, 4) is 0 Å². The third-order valence-corrected chi connectivity index (χ3v) is 2.44. The van der Waals surface area contributed by atoms with Gasteiger partial charge in [-0.2, -0.15) is 4.98 Å². The highest BCUT2D eigenvalue weighted by atomic mass is 16.6. The van der Waals surface area contributed by atoms with Gasteiger partial charge in [0.15, 0.2) is 11.9 Å². The van der Waals surface area contributed by atoms with E-state index in [-0.39, 0.29) is 0 Å². The topological polar surface area (TPSA) is 65.2 Å². The summed E-state index contributed by atoms with van der Waals surface area (Å²) in [7, 11) is 0. The second-order valence-corrected chi connectivity index (χ2v) is 3.82. The summed E-state index contributed by atoms with van der Waals surface area (Å²) < 4.78 is 10.3. The van der Waals surface area contributed by atoms with Crippen molar-refractivity contribution in [2.24, 2.45) is 0 Å². The lowest BCUT2D eigenvalue weighted by atomic mass is 10.2. The van der Waals surface area contributed by atoms with Crippen molar-refractivity contribution in [2.75, 3.05) is 0 Å². The molecule has 0 aliphatic rings. The van der Waals surface area contributed by atoms with E-state index in [1.54, 1.807) is 31.2 Å². The number of carbonyl (C=O) groups excluding carboxylic acids is 1. The lowest BCUT2D eigenvalue weighted by molar-refractivity contribution is 0.0265. The fourth-order valence-corrected chi connectivity index (χ4v) is 1.43. The molecule has 0 saturated heterocycles. The molecule has 1 atom stereocenters. The highest BCUT2D eigenvalue weighted by molar-refractivity contribution is 5.89. The van der Waals surface area contributed by atoms with E-state index in [2.05, 4.69) is 10.1 Å². The third-order valence-electron chi connectivity index (χ3n) is 2.44. The zero-order valence-electron chi connectivity index (χ0n) is 10.3. The Balaban J connectivity index is 2.03. The maximum atomic E-state index is 11.8. The zero-order chi connectivity index (χ0) is 13.0. The third kappa shape index (κ3) is 2.74. The van der Waals surface area contributed by atoms with Crippen molar-refractivity contribution in [2.45, 2.75) is 26.4 Å². The molecule has 1 heterocycles. The molecule has 1 unspecified atom stereocenters. The first-order chi connectivity index (χ1) is 8.70. The first kappa shape index (κ1) is 12.3. The van der Waals surface area contributed by atoms with Crippen LogP contribution in [0.1, 0.15) is 42.0 Å². The van der Waals surface area contributed by atoms with E-state index < -0.39 is 12.1 Å². The molecule has 2 rings (SSSR count). The lowest BCUT2D eigenvalue weighted by Gasteiger charge is -2.08. The predicted molar refractivity (Wildman–Crippen MR) is 63.9 cm³/mol. The summed E-state index contributed by atoms with van der Waals surface area (Å²) >= 11 is 0. The Morgan fingerprint density at radius 1 is 1.39 bits per heavy atom. The van der Waals surface area contributed by atoms with Crippen LogP contribution in [0.5, 0.6) is 0 Å². The normalized spacial score (nSPS) is 12.1. The van der Waals surface area contributed by atoms with Crippen molar-refractivity contribution >= 4 is 5.97 Å². The van der Waals surface area contributed by atoms with Crippen LogP contribution in [0.4, 0.5) is 0 Å². The number of esters is 1. The van der Waals surface area contributed by atoms with E-state index in [0.29, 0.717) is 23.7 Å². The number of ether oxygens (including phenoxy) is 1. The molecule has 0 radical (unpaired) electrons. The molecule has 94 valence electrons. The van der Waals surface area contributed by atoms with Crippen LogP contribution < -0.4 is 0 Å². The number of aromatic nitrogens is 2. The summed E-state index contributed by atoms with van der Waals surface area (Å²) in [6, 6.07) is 8.79. The van der Waals surface area contributed by atoms with E-state index >= 15 is 0 Å². The molecule has 2 aromatic rings. The fourth-order valence-electron chi connectivity index (χ4n) is 1.43. The molecule has 0 bridgehead atoms. The van der Waals surface area contributed by atoms with Crippen molar-refractivity contribution in [3.63, 3.8) is 0 Å². The van der Waals surface area contributed by atoms with Crippen LogP contribution in [0, 0.1) is 0 Å². The van der Waals surface area contributed by atoms with Crippen molar-refractivity contribution in [1.29, 1.82) is 0 Å². The van der Waals surface area contributed by atoms with Crippen LogP contribution in [-0.4, -0.2) is 16.1 Å². The minimum atomic E-state index is -0.550. The predicted octanol–water partition coefficient (Wildman–Crippen LogP) is 2.55. The fraction of sp³-hybridized carbons (Fsp3) is 0.308. The molecule has 5 heteroatoms. The van der Waals surface area contributed by atoms with Crippen LogP contribution in [0.3, 0.4) is 0 Å². The van der Waals surface area contributed by atoms with Gasteiger partial charge in [-0.15, -0.1) is 0 Å². The largest absolute Gasteiger partial charge is 0.449 e.